The van der Waals surface area contributed by atoms with Crippen LogP contribution in [0.25, 0.3) is 60.5 Å². The van der Waals surface area contributed by atoms with Crippen LogP contribution < -0.4 is 4.90 Å². The molecule has 0 saturated heterocycles. The van der Waals surface area contributed by atoms with E-state index in [2.05, 4.69) is 204 Å². The molecule has 0 fully saturated rings. The Morgan fingerprint density at radius 2 is 0.896 bits per heavy atom. The highest BCUT2D eigenvalue weighted by molar-refractivity contribution is 6.12. The first-order valence-corrected chi connectivity index (χ1v) is 16.4. The van der Waals surface area contributed by atoms with E-state index in [0.29, 0.717) is 0 Å². The Labute approximate surface area is 280 Å². The zero-order chi connectivity index (χ0) is 31.9. The van der Waals surface area contributed by atoms with E-state index < -0.39 is 0 Å². The minimum Gasteiger partial charge on any atom is -0.310 e. The number of anilines is 3. The number of fused-ring (bicyclic) bond motifs is 4. The third-order valence-corrected chi connectivity index (χ3v) is 9.38. The fourth-order valence-electron chi connectivity index (χ4n) is 7.17. The molecule has 0 amide bonds. The second-order valence-corrected chi connectivity index (χ2v) is 12.2. The van der Waals surface area contributed by atoms with E-state index in [9.17, 15) is 0 Å². The third-order valence-electron chi connectivity index (χ3n) is 9.38. The van der Waals surface area contributed by atoms with Gasteiger partial charge in [0.05, 0.1) is 16.7 Å². The smallest absolute Gasteiger partial charge is 0.0541 e. The van der Waals surface area contributed by atoms with Gasteiger partial charge in [-0.15, -0.1) is 0 Å². The molecule has 2 heteroatoms. The lowest BCUT2D eigenvalue weighted by Gasteiger charge is -2.27. The first-order chi connectivity index (χ1) is 23.8. The SMILES string of the molecule is c1ccc(-c2ccc(N(c3ccccc3)c3cccc4c(-c5ccc6c(c5)c5ccccc5n6-c5ccccc5)cccc34)cc2)cc1. The normalized spacial score (nSPS) is 11.3. The highest BCUT2D eigenvalue weighted by atomic mass is 15.1. The van der Waals surface area contributed by atoms with Crippen LogP contribution in [0, 0.1) is 0 Å². The van der Waals surface area contributed by atoms with Crippen LogP contribution in [0.15, 0.2) is 194 Å². The van der Waals surface area contributed by atoms with Gasteiger partial charge in [-0.1, -0.05) is 133 Å². The van der Waals surface area contributed by atoms with Gasteiger partial charge in [0, 0.05) is 33.2 Å². The van der Waals surface area contributed by atoms with Crippen molar-refractivity contribution < 1.29 is 0 Å². The minimum absolute atomic E-state index is 1.12. The second-order valence-electron chi connectivity index (χ2n) is 12.2. The molecule has 0 unspecified atom stereocenters. The Hall–Kier alpha value is -6.38. The first kappa shape index (κ1) is 27.9. The number of nitrogens with zero attached hydrogens (tertiary/aromatic N) is 2. The first-order valence-electron chi connectivity index (χ1n) is 16.4. The van der Waals surface area contributed by atoms with Gasteiger partial charge in [0.2, 0.25) is 0 Å². The maximum Gasteiger partial charge on any atom is 0.0541 e. The molecule has 8 aromatic carbocycles. The van der Waals surface area contributed by atoms with Gasteiger partial charge >= 0.3 is 0 Å². The molecule has 0 saturated carbocycles. The summed E-state index contributed by atoms with van der Waals surface area (Å²) in [5, 5.41) is 4.94. The summed E-state index contributed by atoms with van der Waals surface area (Å²) >= 11 is 0. The highest BCUT2D eigenvalue weighted by Gasteiger charge is 2.18. The number of para-hydroxylation sites is 3. The zero-order valence-corrected chi connectivity index (χ0v) is 26.4. The van der Waals surface area contributed by atoms with Gasteiger partial charge in [-0.05, 0) is 88.3 Å². The summed E-state index contributed by atoms with van der Waals surface area (Å²) < 4.78 is 2.37. The van der Waals surface area contributed by atoms with Crippen molar-refractivity contribution >= 4 is 49.6 Å². The predicted molar refractivity (Wildman–Crippen MR) is 204 cm³/mol. The minimum atomic E-state index is 1.12. The molecule has 9 rings (SSSR count). The lowest BCUT2D eigenvalue weighted by atomic mass is 9.95. The predicted octanol–water partition coefficient (Wildman–Crippen LogP) is 12.7. The summed E-state index contributed by atoms with van der Waals surface area (Å²) in [6.07, 6.45) is 0. The molecular formula is C46H32N2. The summed E-state index contributed by atoms with van der Waals surface area (Å²) in [5.41, 5.74) is 11.8. The van der Waals surface area contributed by atoms with Crippen LogP contribution in [-0.2, 0) is 0 Å². The van der Waals surface area contributed by atoms with E-state index >= 15 is 0 Å². The van der Waals surface area contributed by atoms with Crippen LogP contribution in [0.3, 0.4) is 0 Å². The summed E-state index contributed by atoms with van der Waals surface area (Å²) in [5.74, 6) is 0. The van der Waals surface area contributed by atoms with Crippen LogP contribution in [0.2, 0.25) is 0 Å². The summed E-state index contributed by atoms with van der Waals surface area (Å²) in [6, 6.07) is 69.8. The quantitative estimate of drug-likeness (QED) is 0.181. The Morgan fingerprint density at radius 3 is 1.69 bits per heavy atom. The van der Waals surface area contributed by atoms with E-state index in [1.54, 1.807) is 0 Å². The fraction of sp³-hybridized carbons (Fsp3) is 0. The van der Waals surface area contributed by atoms with E-state index in [1.165, 1.54) is 60.5 Å². The van der Waals surface area contributed by atoms with Crippen LogP contribution in [0.4, 0.5) is 17.1 Å². The average molecular weight is 613 g/mol. The largest absolute Gasteiger partial charge is 0.310 e. The molecule has 9 aromatic rings. The van der Waals surface area contributed by atoms with Crippen molar-refractivity contribution in [1.29, 1.82) is 0 Å². The topological polar surface area (TPSA) is 8.17 Å². The molecule has 0 spiro atoms. The lowest BCUT2D eigenvalue weighted by molar-refractivity contribution is 1.18. The number of hydrogen-bond donors (Lipinski definition) is 0. The number of aromatic nitrogens is 1. The standard InChI is InChI=1S/C46H32N2/c1-4-14-33(15-5-1)34-26-29-38(30-27-34)47(36-16-6-2-7-17-36)44-25-13-22-40-39(21-12-23-41(40)44)35-28-31-46-43(32-35)42-20-10-11-24-45(42)48(46)37-18-8-3-9-19-37/h1-32H. The summed E-state index contributed by atoms with van der Waals surface area (Å²) in [6.45, 7) is 0. The molecule has 0 aliphatic heterocycles. The van der Waals surface area contributed by atoms with Gasteiger partial charge in [-0.25, -0.2) is 0 Å². The Bertz CT molecular complexity index is 2530. The molecule has 0 radical (unpaired) electrons. The van der Waals surface area contributed by atoms with E-state index in [-0.39, 0.29) is 0 Å². The van der Waals surface area contributed by atoms with Crippen molar-refractivity contribution in [2.75, 3.05) is 4.90 Å². The molecule has 1 aromatic heterocycles. The molecule has 0 aliphatic rings. The number of benzene rings is 8. The molecule has 2 nitrogen and oxygen atoms in total. The molecule has 0 aliphatic carbocycles. The summed E-state index contributed by atoms with van der Waals surface area (Å²) in [4.78, 5) is 2.37. The fourth-order valence-corrected chi connectivity index (χ4v) is 7.17. The van der Waals surface area contributed by atoms with Crippen LogP contribution in [0.1, 0.15) is 0 Å². The van der Waals surface area contributed by atoms with Gasteiger partial charge < -0.3 is 9.47 Å². The number of rotatable bonds is 6. The Morgan fingerprint density at radius 1 is 0.333 bits per heavy atom. The molecule has 0 N–H and O–H groups in total. The third kappa shape index (κ3) is 4.74. The van der Waals surface area contributed by atoms with Crippen LogP contribution in [0.5, 0.6) is 0 Å². The van der Waals surface area contributed by atoms with Crippen molar-refractivity contribution in [2.24, 2.45) is 0 Å². The molecule has 1 heterocycles. The van der Waals surface area contributed by atoms with Crippen molar-refractivity contribution in [3.63, 3.8) is 0 Å². The van der Waals surface area contributed by atoms with E-state index in [4.69, 9.17) is 0 Å². The zero-order valence-electron chi connectivity index (χ0n) is 26.4. The van der Waals surface area contributed by atoms with E-state index in [1.807, 2.05) is 0 Å². The van der Waals surface area contributed by atoms with Crippen molar-refractivity contribution in [3.05, 3.63) is 194 Å². The average Bonchev–Trinajstić information content (AvgIpc) is 3.50. The maximum atomic E-state index is 2.37. The van der Waals surface area contributed by atoms with Gasteiger partial charge in [0.1, 0.15) is 0 Å². The van der Waals surface area contributed by atoms with Gasteiger partial charge in [-0.2, -0.15) is 0 Å². The molecule has 0 atom stereocenters. The summed E-state index contributed by atoms with van der Waals surface area (Å²) in [7, 11) is 0. The van der Waals surface area contributed by atoms with Crippen LogP contribution >= 0.6 is 0 Å². The van der Waals surface area contributed by atoms with E-state index in [0.717, 1.165) is 17.1 Å². The molecule has 226 valence electrons. The Kier molecular flexibility index (Phi) is 6.84. The van der Waals surface area contributed by atoms with Crippen molar-refractivity contribution in [3.8, 4) is 27.9 Å². The molecule has 48 heavy (non-hydrogen) atoms. The van der Waals surface area contributed by atoms with Gasteiger partial charge in [0.25, 0.3) is 0 Å². The van der Waals surface area contributed by atoms with Gasteiger partial charge in [-0.3, -0.25) is 0 Å². The molecular weight excluding hydrogens is 581 g/mol. The Balaban J connectivity index is 1.20. The highest BCUT2D eigenvalue weighted by Crippen LogP contribution is 2.42. The van der Waals surface area contributed by atoms with Crippen molar-refractivity contribution in [2.45, 2.75) is 0 Å². The van der Waals surface area contributed by atoms with Crippen LogP contribution in [-0.4, -0.2) is 4.57 Å². The second kappa shape index (κ2) is 11.8. The lowest BCUT2D eigenvalue weighted by Crippen LogP contribution is -2.10. The molecule has 0 bridgehead atoms. The van der Waals surface area contributed by atoms with Gasteiger partial charge in [0.15, 0.2) is 0 Å². The monoisotopic (exact) mass is 612 g/mol. The van der Waals surface area contributed by atoms with Crippen molar-refractivity contribution in [1.82, 2.24) is 4.57 Å². The number of hydrogen-bond acceptors (Lipinski definition) is 1. The maximum absolute atomic E-state index is 2.37.